The zero-order chi connectivity index (χ0) is 11.3. The molecule has 0 bridgehead atoms. The van der Waals surface area contributed by atoms with Gasteiger partial charge in [-0.3, -0.25) is 0 Å². The van der Waals surface area contributed by atoms with E-state index in [4.69, 9.17) is 0 Å². The van der Waals surface area contributed by atoms with Crippen LogP contribution in [0, 0.1) is 23.7 Å². The molecule has 0 aliphatic heterocycles. The zero-order valence-corrected chi connectivity index (χ0v) is 11.1. The van der Waals surface area contributed by atoms with Crippen molar-refractivity contribution in [3.05, 3.63) is 0 Å². The first-order valence-corrected chi connectivity index (χ1v) is 6.78. The molecule has 2 unspecified atom stereocenters. The Balaban J connectivity index is 2.10. The van der Waals surface area contributed by atoms with E-state index in [-0.39, 0.29) is 0 Å². The van der Waals surface area contributed by atoms with Gasteiger partial charge in [-0.05, 0) is 62.4 Å². The highest BCUT2D eigenvalue weighted by atomic mass is 14.8. The fraction of sp³-hybridized carbons (Fsp3) is 1.00. The van der Waals surface area contributed by atoms with E-state index in [1.807, 2.05) is 0 Å². The van der Waals surface area contributed by atoms with Gasteiger partial charge in [0.25, 0.3) is 0 Å². The summed E-state index contributed by atoms with van der Waals surface area (Å²) in [4.78, 5) is 0. The molecule has 1 aliphatic carbocycles. The monoisotopic (exact) mass is 211 g/mol. The van der Waals surface area contributed by atoms with Crippen molar-refractivity contribution in [3.8, 4) is 0 Å². The topological polar surface area (TPSA) is 12.0 Å². The van der Waals surface area contributed by atoms with Crippen LogP contribution in [0.2, 0.25) is 0 Å². The number of hydrogen-bond donors (Lipinski definition) is 1. The minimum absolute atomic E-state index is 0.786. The lowest BCUT2D eigenvalue weighted by molar-refractivity contribution is 0.208. The fourth-order valence-electron chi connectivity index (χ4n) is 3.05. The van der Waals surface area contributed by atoms with Crippen molar-refractivity contribution in [2.45, 2.75) is 53.4 Å². The molecular formula is C14H29N. The minimum Gasteiger partial charge on any atom is -0.316 e. The van der Waals surface area contributed by atoms with Crippen LogP contribution >= 0.6 is 0 Å². The van der Waals surface area contributed by atoms with E-state index in [2.05, 4.69) is 33.0 Å². The van der Waals surface area contributed by atoms with E-state index in [0.29, 0.717) is 0 Å². The van der Waals surface area contributed by atoms with Crippen molar-refractivity contribution < 1.29 is 0 Å². The van der Waals surface area contributed by atoms with Crippen molar-refractivity contribution in [3.63, 3.8) is 0 Å². The molecule has 1 N–H and O–H groups in total. The second-order valence-corrected chi connectivity index (χ2v) is 6.17. The van der Waals surface area contributed by atoms with Gasteiger partial charge in [0.1, 0.15) is 0 Å². The van der Waals surface area contributed by atoms with Gasteiger partial charge < -0.3 is 5.32 Å². The van der Waals surface area contributed by atoms with Crippen LogP contribution in [0.15, 0.2) is 0 Å². The Hall–Kier alpha value is -0.0400. The average Bonchev–Trinajstić information content (AvgIpc) is 2.10. The van der Waals surface area contributed by atoms with Crippen molar-refractivity contribution >= 4 is 0 Å². The first kappa shape index (κ1) is 13.0. The fourth-order valence-corrected chi connectivity index (χ4v) is 3.05. The molecule has 1 saturated carbocycles. The summed E-state index contributed by atoms with van der Waals surface area (Å²) in [5.41, 5.74) is 0. The second kappa shape index (κ2) is 6.52. The van der Waals surface area contributed by atoms with Gasteiger partial charge in [0, 0.05) is 0 Å². The molecule has 1 heteroatoms. The molecule has 0 aromatic rings. The van der Waals surface area contributed by atoms with Gasteiger partial charge in [-0.25, -0.2) is 0 Å². The van der Waals surface area contributed by atoms with Crippen LogP contribution in [0.1, 0.15) is 53.4 Å². The van der Waals surface area contributed by atoms with E-state index in [0.717, 1.165) is 23.7 Å². The van der Waals surface area contributed by atoms with E-state index < -0.39 is 0 Å². The summed E-state index contributed by atoms with van der Waals surface area (Å²) in [6.07, 6.45) is 5.78. The molecule has 1 rings (SSSR count). The maximum atomic E-state index is 3.56. The minimum atomic E-state index is 0.786. The molecule has 0 aromatic carbocycles. The molecule has 1 nitrogen and oxygen atoms in total. The molecular weight excluding hydrogens is 182 g/mol. The third kappa shape index (κ3) is 5.55. The Kier molecular flexibility index (Phi) is 5.66. The molecule has 90 valence electrons. The second-order valence-electron chi connectivity index (χ2n) is 6.17. The summed E-state index contributed by atoms with van der Waals surface area (Å²) in [5.74, 6) is 3.70. The lowest BCUT2D eigenvalue weighted by atomic mass is 9.75. The molecule has 0 saturated heterocycles. The van der Waals surface area contributed by atoms with E-state index >= 15 is 0 Å². The van der Waals surface area contributed by atoms with E-state index in [1.54, 1.807) is 0 Å². The lowest BCUT2D eigenvalue weighted by Crippen LogP contribution is -2.26. The van der Waals surface area contributed by atoms with Gasteiger partial charge in [-0.1, -0.05) is 27.7 Å². The third-order valence-corrected chi connectivity index (χ3v) is 3.56. The maximum absolute atomic E-state index is 3.56. The third-order valence-electron chi connectivity index (χ3n) is 3.56. The van der Waals surface area contributed by atoms with Gasteiger partial charge in [-0.15, -0.1) is 0 Å². The molecule has 1 fully saturated rings. The van der Waals surface area contributed by atoms with Crippen LogP contribution in [0.3, 0.4) is 0 Å². The number of rotatable bonds is 5. The number of nitrogens with one attached hydrogen (secondary N) is 1. The van der Waals surface area contributed by atoms with Gasteiger partial charge in [0.05, 0.1) is 0 Å². The summed E-state index contributed by atoms with van der Waals surface area (Å²) in [7, 11) is 0. The van der Waals surface area contributed by atoms with Crippen LogP contribution in [0.25, 0.3) is 0 Å². The van der Waals surface area contributed by atoms with Crippen molar-refractivity contribution in [1.29, 1.82) is 0 Å². The van der Waals surface area contributed by atoms with Gasteiger partial charge in [0.15, 0.2) is 0 Å². The maximum Gasteiger partial charge on any atom is -0.00258 e. The zero-order valence-electron chi connectivity index (χ0n) is 11.1. The molecule has 2 atom stereocenters. The summed E-state index contributed by atoms with van der Waals surface area (Å²) < 4.78 is 0. The van der Waals surface area contributed by atoms with Crippen LogP contribution in [-0.2, 0) is 0 Å². The van der Waals surface area contributed by atoms with E-state index in [9.17, 15) is 0 Å². The first-order chi connectivity index (χ1) is 7.08. The summed E-state index contributed by atoms with van der Waals surface area (Å²) in [6.45, 7) is 11.8. The highest BCUT2D eigenvalue weighted by Gasteiger charge is 2.23. The Morgan fingerprint density at radius 1 is 1.07 bits per heavy atom. The molecule has 1 aliphatic rings. The summed E-state index contributed by atoms with van der Waals surface area (Å²) in [6, 6.07) is 0. The Labute approximate surface area is 96.0 Å². The standard InChI is InChI=1S/C14H29N/c1-11(2)10-15-6-5-14-8-12(3)7-13(4)9-14/h11-15H,5-10H2,1-4H3. The van der Waals surface area contributed by atoms with Gasteiger partial charge in [0.2, 0.25) is 0 Å². The van der Waals surface area contributed by atoms with Crippen LogP contribution in [0.4, 0.5) is 0 Å². The summed E-state index contributed by atoms with van der Waals surface area (Å²) in [5, 5.41) is 3.56. The van der Waals surface area contributed by atoms with Crippen molar-refractivity contribution in [1.82, 2.24) is 5.32 Å². The molecule has 0 aromatic heterocycles. The number of hydrogen-bond acceptors (Lipinski definition) is 1. The SMILES string of the molecule is CC(C)CNCCC1CC(C)CC(C)C1. The Morgan fingerprint density at radius 3 is 2.20 bits per heavy atom. The smallest absolute Gasteiger partial charge is 0.00258 e. The molecule has 0 spiro atoms. The average molecular weight is 211 g/mol. The normalized spacial score (nSPS) is 32.2. The quantitative estimate of drug-likeness (QED) is 0.684. The largest absolute Gasteiger partial charge is 0.316 e. The van der Waals surface area contributed by atoms with Crippen LogP contribution < -0.4 is 5.32 Å². The van der Waals surface area contributed by atoms with Crippen LogP contribution in [0.5, 0.6) is 0 Å². The van der Waals surface area contributed by atoms with E-state index in [1.165, 1.54) is 38.8 Å². The first-order valence-electron chi connectivity index (χ1n) is 6.78. The van der Waals surface area contributed by atoms with Crippen molar-refractivity contribution in [2.24, 2.45) is 23.7 Å². The molecule has 0 amide bonds. The Morgan fingerprint density at radius 2 is 1.67 bits per heavy atom. The molecule has 0 radical (unpaired) electrons. The summed E-state index contributed by atoms with van der Waals surface area (Å²) >= 11 is 0. The highest BCUT2D eigenvalue weighted by molar-refractivity contribution is 4.75. The lowest BCUT2D eigenvalue weighted by Gasteiger charge is -2.31. The van der Waals surface area contributed by atoms with Gasteiger partial charge in [-0.2, -0.15) is 0 Å². The predicted molar refractivity (Wildman–Crippen MR) is 68.0 cm³/mol. The van der Waals surface area contributed by atoms with Gasteiger partial charge >= 0.3 is 0 Å². The highest BCUT2D eigenvalue weighted by Crippen LogP contribution is 2.34. The Bertz CT molecular complexity index is 155. The van der Waals surface area contributed by atoms with Crippen LogP contribution in [-0.4, -0.2) is 13.1 Å². The molecule has 15 heavy (non-hydrogen) atoms. The van der Waals surface area contributed by atoms with Crippen molar-refractivity contribution in [2.75, 3.05) is 13.1 Å². The predicted octanol–water partition coefficient (Wildman–Crippen LogP) is 3.69. The molecule has 0 heterocycles.